The molecule has 25 heavy (non-hydrogen) atoms. The Kier molecular flexibility index (Phi) is 6.05. The van der Waals surface area contributed by atoms with Gasteiger partial charge in [-0.05, 0) is 36.6 Å². The highest BCUT2D eigenvalue weighted by atomic mass is 32.2. The van der Waals surface area contributed by atoms with Gasteiger partial charge in [0, 0.05) is 0 Å². The Morgan fingerprint density at radius 1 is 1.16 bits per heavy atom. The van der Waals surface area contributed by atoms with E-state index >= 15 is 0 Å². The third-order valence-electron chi connectivity index (χ3n) is 3.18. The van der Waals surface area contributed by atoms with Gasteiger partial charge in [0.05, 0.1) is 28.3 Å². The molecule has 9 heteroatoms. The quantitative estimate of drug-likeness (QED) is 0.482. The van der Waals surface area contributed by atoms with Crippen molar-refractivity contribution in [2.75, 3.05) is 19.1 Å². The van der Waals surface area contributed by atoms with E-state index in [1.807, 2.05) is 0 Å². The number of carbonyl (C=O) groups is 1. The van der Waals surface area contributed by atoms with Crippen molar-refractivity contribution in [2.24, 2.45) is 4.99 Å². The Balaban J connectivity index is 2.46. The maximum atomic E-state index is 12.7. The first-order valence-electron chi connectivity index (χ1n) is 7.06. The number of nitrogen functional groups attached to an aromatic ring is 1. The molecule has 1 amide bonds. The standard InChI is InChI=1S/C16H17N3O4S2/c1-23-16(20)19-15(24-2)18-14-10-12(8-9-13(14)17)25(21,22)11-6-4-3-5-7-11/h3-10H,17H2,1-2H3,(H,18,19,20). The number of hydrogen-bond donors (Lipinski definition) is 2. The van der Waals surface area contributed by atoms with Crippen LogP contribution in [-0.4, -0.2) is 33.0 Å². The van der Waals surface area contributed by atoms with Crippen LogP contribution in [-0.2, 0) is 14.6 Å². The average Bonchev–Trinajstić information content (AvgIpc) is 2.63. The third-order valence-corrected chi connectivity index (χ3v) is 5.52. The van der Waals surface area contributed by atoms with Crippen molar-refractivity contribution in [3.63, 3.8) is 0 Å². The lowest BCUT2D eigenvalue weighted by atomic mass is 10.3. The number of benzene rings is 2. The summed E-state index contributed by atoms with van der Waals surface area (Å²) in [5, 5.41) is 2.66. The van der Waals surface area contributed by atoms with Gasteiger partial charge in [-0.1, -0.05) is 30.0 Å². The molecule has 0 aliphatic rings. The monoisotopic (exact) mass is 379 g/mol. The summed E-state index contributed by atoms with van der Waals surface area (Å²) in [6.07, 6.45) is 1.02. The van der Waals surface area contributed by atoms with Crippen molar-refractivity contribution in [1.82, 2.24) is 5.32 Å². The van der Waals surface area contributed by atoms with E-state index in [0.29, 0.717) is 0 Å². The molecule has 132 valence electrons. The fourth-order valence-corrected chi connectivity index (χ4v) is 3.57. The van der Waals surface area contributed by atoms with E-state index in [9.17, 15) is 13.2 Å². The smallest absolute Gasteiger partial charge is 0.412 e. The van der Waals surface area contributed by atoms with Crippen LogP contribution < -0.4 is 11.1 Å². The Morgan fingerprint density at radius 3 is 2.44 bits per heavy atom. The highest BCUT2D eigenvalue weighted by Crippen LogP contribution is 2.29. The van der Waals surface area contributed by atoms with Gasteiger partial charge in [0.15, 0.2) is 5.17 Å². The molecule has 2 aromatic carbocycles. The number of amidine groups is 1. The first kappa shape index (κ1) is 18.8. The Bertz CT molecular complexity index is 897. The molecule has 0 spiro atoms. The van der Waals surface area contributed by atoms with Crippen LogP contribution in [0.4, 0.5) is 16.2 Å². The third kappa shape index (κ3) is 4.52. The summed E-state index contributed by atoms with van der Waals surface area (Å²) < 4.78 is 29.9. The van der Waals surface area contributed by atoms with Crippen LogP contribution in [0.1, 0.15) is 0 Å². The summed E-state index contributed by atoms with van der Waals surface area (Å²) in [6, 6.07) is 12.3. The SMILES string of the molecule is COC(=O)NC(=Nc1cc(S(=O)(=O)c2ccccc2)ccc1N)SC. The van der Waals surface area contributed by atoms with Crippen molar-refractivity contribution in [2.45, 2.75) is 9.79 Å². The molecule has 0 heterocycles. The average molecular weight is 379 g/mol. The van der Waals surface area contributed by atoms with E-state index in [-0.39, 0.29) is 26.3 Å². The molecule has 2 rings (SSSR count). The fourth-order valence-electron chi connectivity index (χ4n) is 1.90. The van der Waals surface area contributed by atoms with Gasteiger partial charge in [0.2, 0.25) is 9.84 Å². The molecule has 0 aliphatic heterocycles. The van der Waals surface area contributed by atoms with Crippen molar-refractivity contribution in [3.05, 3.63) is 48.5 Å². The predicted molar refractivity (Wildman–Crippen MR) is 98.9 cm³/mol. The summed E-state index contributed by atoms with van der Waals surface area (Å²) in [5.41, 5.74) is 6.40. The fraction of sp³-hybridized carbons (Fsp3) is 0.125. The number of anilines is 1. The van der Waals surface area contributed by atoms with Crippen LogP contribution in [0.2, 0.25) is 0 Å². The van der Waals surface area contributed by atoms with Gasteiger partial charge in [-0.2, -0.15) is 0 Å². The van der Waals surface area contributed by atoms with E-state index in [4.69, 9.17) is 5.73 Å². The lowest BCUT2D eigenvalue weighted by Gasteiger charge is -2.09. The minimum absolute atomic E-state index is 0.0603. The predicted octanol–water partition coefficient (Wildman–Crippen LogP) is 2.81. The molecule has 0 saturated heterocycles. The number of alkyl carbamates (subject to hydrolysis) is 1. The minimum atomic E-state index is -3.69. The summed E-state index contributed by atoms with van der Waals surface area (Å²) >= 11 is 1.16. The van der Waals surface area contributed by atoms with Crippen LogP contribution in [0.15, 0.2) is 63.3 Å². The number of methoxy groups -OCH3 is 1. The summed E-state index contributed by atoms with van der Waals surface area (Å²) in [5.74, 6) is 0. The number of nitrogens with one attached hydrogen (secondary N) is 1. The van der Waals surface area contributed by atoms with E-state index in [2.05, 4.69) is 15.0 Å². The number of sulfone groups is 1. The molecular formula is C16H17N3O4S2. The number of thioether (sulfide) groups is 1. The number of nitrogens with zero attached hydrogens (tertiary/aromatic N) is 1. The zero-order chi connectivity index (χ0) is 18.4. The van der Waals surface area contributed by atoms with Crippen LogP contribution in [0.25, 0.3) is 0 Å². The number of aliphatic imine (C=N–C) groups is 1. The summed E-state index contributed by atoms with van der Waals surface area (Å²) in [4.78, 5) is 15.8. The zero-order valence-electron chi connectivity index (χ0n) is 13.6. The molecule has 7 nitrogen and oxygen atoms in total. The van der Waals surface area contributed by atoms with Crippen molar-refractivity contribution < 1.29 is 17.9 Å². The second-order valence-corrected chi connectivity index (χ2v) is 7.52. The van der Waals surface area contributed by atoms with Gasteiger partial charge < -0.3 is 10.5 Å². The topological polar surface area (TPSA) is 111 Å². The first-order valence-corrected chi connectivity index (χ1v) is 9.76. The number of ether oxygens (including phenoxy) is 1. The van der Waals surface area contributed by atoms with Crippen molar-refractivity contribution in [1.29, 1.82) is 0 Å². The van der Waals surface area contributed by atoms with Gasteiger partial charge >= 0.3 is 6.09 Å². The van der Waals surface area contributed by atoms with Crippen molar-refractivity contribution in [3.8, 4) is 0 Å². The maximum absolute atomic E-state index is 12.7. The largest absolute Gasteiger partial charge is 0.453 e. The van der Waals surface area contributed by atoms with Crippen LogP contribution in [0.3, 0.4) is 0 Å². The number of carbonyl (C=O) groups excluding carboxylic acids is 1. The molecule has 0 unspecified atom stereocenters. The summed E-state index contributed by atoms with van der Waals surface area (Å²) in [7, 11) is -2.46. The van der Waals surface area contributed by atoms with Crippen LogP contribution in [0, 0.1) is 0 Å². The molecule has 0 saturated carbocycles. The Labute approximate surface area is 150 Å². The second-order valence-electron chi connectivity index (χ2n) is 4.77. The lowest BCUT2D eigenvalue weighted by molar-refractivity contribution is 0.177. The second kappa shape index (κ2) is 8.04. The molecule has 0 atom stereocenters. The lowest BCUT2D eigenvalue weighted by Crippen LogP contribution is -2.27. The molecule has 0 bridgehead atoms. The van der Waals surface area contributed by atoms with E-state index in [1.54, 1.807) is 24.5 Å². The number of rotatable bonds is 3. The van der Waals surface area contributed by atoms with Gasteiger partial charge in [0.25, 0.3) is 0 Å². The highest BCUT2D eigenvalue weighted by molar-refractivity contribution is 8.13. The van der Waals surface area contributed by atoms with E-state index in [0.717, 1.165) is 11.8 Å². The highest BCUT2D eigenvalue weighted by Gasteiger charge is 2.18. The molecule has 2 aromatic rings. The molecular weight excluding hydrogens is 362 g/mol. The molecule has 0 fully saturated rings. The van der Waals surface area contributed by atoms with Gasteiger partial charge in [-0.25, -0.2) is 18.2 Å². The summed E-state index contributed by atoms with van der Waals surface area (Å²) in [6.45, 7) is 0. The normalized spacial score (nSPS) is 11.8. The molecule has 3 N–H and O–H groups in total. The molecule has 0 aromatic heterocycles. The maximum Gasteiger partial charge on any atom is 0.412 e. The number of hydrogen-bond acceptors (Lipinski definition) is 7. The Morgan fingerprint density at radius 2 is 1.84 bits per heavy atom. The van der Waals surface area contributed by atoms with Gasteiger partial charge in [0.1, 0.15) is 0 Å². The molecule has 0 aliphatic carbocycles. The van der Waals surface area contributed by atoms with Gasteiger partial charge in [-0.3, -0.25) is 5.32 Å². The number of amides is 1. The number of nitrogens with two attached hydrogens (primary N) is 1. The van der Waals surface area contributed by atoms with Gasteiger partial charge in [-0.15, -0.1) is 0 Å². The first-order chi connectivity index (χ1) is 11.9. The van der Waals surface area contributed by atoms with Crippen LogP contribution >= 0.6 is 11.8 Å². The minimum Gasteiger partial charge on any atom is -0.453 e. The van der Waals surface area contributed by atoms with E-state index < -0.39 is 15.9 Å². The Hall–Kier alpha value is -2.52. The zero-order valence-corrected chi connectivity index (χ0v) is 15.2. The molecule has 0 radical (unpaired) electrons. The van der Waals surface area contributed by atoms with Crippen molar-refractivity contribution >= 4 is 44.2 Å². The van der Waals surface area contributed by atoms with Crippen LogP contribution in [0.5, 0.6) is 0 Å². The van der Waals surface area contributed by atoms with E-state index in [1.165, 1.54) is 37.4 Å².